The topological polar surface area (TPSA) is 79.8 Å². The van der Waals surface area contributed by atoms with Gasteiger partial charge in [-0.2, -0.15) is 0 Å². The summed E-state index contributed by atoms with van der Waals surface area (Å²) >= 11 is 0. The molecule has 132 valence electrons. The second-order valence-electron chi connectivity index (χ2n) is 6.63. The van der Waals surface area contributed by atoms with Crippen molar-refractivity contribution in [2.24, 2.45) is 5.92 Å². The average Bonchev–Trinajstić information content (AvgIpc) is 2.65. The molecule has 0 bridgehead atoms. The average molecular weight is 339 g/mol. The molecule has 2 aromatic rings. The molecular formula is C19H25N5O. The summed E-state index contributed by atoms with van der Waals surface area (Å²) in [5.41, 5.74) is 2.17. The number of aryl methyl sites for hydroxylation is 1. The Morgan fingerprint density at radius 2 is 1.88 bits per heavy atom. The Morgan fingerprint density at radius 1 is 1.12 bits per heavy atom. The summed E-state index contributed by atoms with van der Waals surface area (Å²) < 4.78 is 0. The Morgan fingerprint density at radius 3 is 2.56 bits per heavy atom. The van der Waals surface area contributed by atoms with Crippen LogP contribution in [0.5, 0.6) is 0 Å². The van der Waals surface area contributed by atoms with Gasteiger partial charge >= 0.3 is 0 Å². The van der Waals surface area contributed by atoms with E-state index in [2.05, 4.69) is 31.7 Å². The molecule has 0 radical (unpaired) electrons. The molecule has 2 N–H and O–H groups in total. The van der Waals surface area contributed by atoms with Crippen LogP contribution in [0.25, 0.3) is 0 Å². The third-order valence-electron chi connectivity index (χ3n) is 4.65. The van der Waals surface area contributed by atoms with E-state index in [9.17, 15) is 4.79 Å². The Balaban J connectivity index is 1.37. The van der Waals surface area contributed by atoms with E-state index < -0.39 is 0 Å². The second-order valence-corrected chi connectivity index (χ2v) is 6.63. The zero-order valence-corrected chi connectivity index (χ0v) is 14.6. The van der Waals surface area contributed by atoms with Crippen molar-refractivity contribution in [3.8, 4) is 0 Å². The third-order valence-corrected chi connectivity index (χ3v) is 4.65. The number of nitrogens with zero attached hydrogens (tertiary/aromatic N) is 3. The zero-order valence-electron chi connectivity index (χ0n) is 14.6. The van der Waals surface area contributed by atoms with Gasteiger partial charge in [-0.3, -0.25) is 9.78 Å². The van der Waals surface area contributed by atoms with E-state index in [-0.39, 0.29) is 11.8 Å². The predicted octanol–water partition coefficient (Wildman–Crippen LogP) is 2.51. The molecule has 0 spiro atoms. The summed E-state index contributed by atoms with van der Waals surface area (Å²) in [5, 5.41) is 6.40. The fraction of sp³-hybridized carbons (Fsp3) is 0.474. The molecule has 6 nitrogen and oxygen atoms in total. The molecule has 0 aliphatic heterocycles. The van der Waals surface area contributed by atoms with E-state index in [1.807, 2.05) is 19.2 Å². The van der Waals surface area contributed by atoms with Crippen molar-refractivity contribution in [2.75, 3.05) is 11.9 Å². The predicted molar refractivity (Wildman–Crippen MR) is 97.1 cm³/mol. The number of rotatable bonds is 6. The maximum atomic E-state index is 12.3. The number of aromatic nitrogens is 3. The quantitative estimate of drug-likeness (QED) is 0.845. The van der Waals surface area contributed by atoms with Gasteiger partial charge in [-0.15, -0.1) is 0 Å². The molecule has 6 heteroatoms. The molecule has 0 aromatic carbocycles. The number of pyridine rings is 1. The van der Waals surface area contributed by atoms with Crippen LogP contribution in [0, 0.1) is 12.8 Å². The zero-order chi connectivity index (χ0) is 17.5. The number of nitrogens with one attached hydrogen (secondary N) is 2. The van der Waals surface area contributed by atoms with Crippen LogP contribution in [0.15, 0.2) is 36.8 Å². The number of carbonyl (C=O) groups excluding carboxylic acids is 1. The number of hydrogen-bond donors (Lipinski definition) is 2. The van der Waals surface area contributed by atoms with Gasteiger partial charge in [-0.05, 0) is 50.3 Å². The molecule has 0 saturated heterocycles. The normalized spacial score (nSPS) is 20.0. The minimum absolute atomic E-state index is 0.112. The van der Waals surface area contributed by atoms with Crippen LogP contribution >= 0.6 is 0 Å². The van der Waals surface area contributed by atoms with Gasteiger partial charge in [0, 0.05) is 49.2 Å². The van der Waals surface area contributed by atoms with Gasteiger partial charge in [0.25, 0.3) is 0 Å². The minimum Gasteiger partial charge on any atom is -0.355 e. The molecule has 0 unspecified atom stereocenters. The van der Waals surface area contributed by atoms with Crippen LogP contribution < -0.4 is 10.6 Å². The van der Waals surface area contributed by atoms with Crippen LogP contribution in [-0.2, 0) is 11.2 Å². The van der Waals surface area contributed by atoms with Gasteiger partial charge in [-0.1, -0.05) is 6.07 Å². The van der Waals surface area contributed by atoms with Crippen molar-refractivity contribution in [3.63, 3.8) is 0 Å². The highest BCUT2D eigenvalue weighted by Gasteiger charge is 2.26. The highest BCUT2D eigenvalue weighted by atomic mass is 16.1. The van der Waals surface area contributed by atoms with Crippen LogP contribution in [0.4, 0.5) is 5.95 Å². The molecule has 1 amide bonds. The van der Waals surface area contributed by atoms with Crippen LogP contribution in [0.3, 0.4) is 0 Å². The lowest BCUT2D eigenvalue weighted by Gasteiger charge is -2.28. The molecule has 2 aromatic heterocycles. The van der Waals surface area contributed by atoms with Crippen LogP contribution in [0.1, 0.15) is 36.9 Å². The van der Waals surface area contributed by atoms with E-state index in [1.54, 1.807) is 18.5 Å². The highest BCUT2D eigenvalue weighted by Crippen LogP contribution is 2.26. The number of amides is 1. The summed E-state index contributed by atoms with van der Waals surface area (Å²) in [7, 11) is 0. The number of carbonyl (C=O) groups is 1. The highest BCUT2D eigenvalue weighted by molar-refractivity contribution is 5.78. The maximum Gasteiger partial charge on any atom is 0.223 e. The van der Waals surface area contributed by atoms with Crippen molar-refractivity contribution in [1.29, 1.82) is 0 Å². The first-order valence-corrected chi connectivity index (χ1v) is 8.93. The molecule has 1 aliphatic rings. The molecule has 1 aliphatic carbocycles. The van der Waals surface area contributed by atoms with Gasteiger partial charge in [0.15, 0.2) is 0 Å². The van der Waals surface area contributed by atoms with Crippen LogP contribution in [0.2, 0.25) is 0 Å². The lowest BCUT2D eigenvalue weighted by atomic mass is 9.85. The van der Waals surface area contributed by atoms with E-state index in [1.165, 1.54) is 0 Å². The summed E-state index contributed by atoms with van der Waals surface area (Å²) in [6.07, 6.45) is 9.84. The van der Waals surface area contributed by atoms with Crippen molar-refractivity contribution in [2.45, 2.75) is 45.1 Å². The second kappa shape index (κ2) is 8.55. The van der Waals surface area contributed by atoms with Crippen molar-refractivity contribution < 1.29 is 4.79 Å². The summed E-state index contributed by atoms with van der Waals surface area (Å²) in [5.74, 6) is 0.947. The van der Waals surface area contributed by atoms with E-state index in [0.29, 0.717) is 18.5 Å². The lowest BCUT2D eigenvalue weighted by Crippen LogP contribution is -2.37. The molecule has 0 atom stereocenters. The SMILES string of the molecule is Cc1ccc(CCNC(=O)C2CCC(Nc3ncccn3)CC2)nc1. The first-order chi connectivity index (χ1) is 12.2. The first kappa shape index (κ1) is 17.3. The van der Waals surface area contributed by atoms with Crippen LogP contribution in [-0.4, -0.2) is 33.4 Å². The summed E-state index contributed by atoms with van der Waals surface area (Å²) in [6.45, 7) is 2.67. The fourth-order valence-corrected chi connectivity index (χ4v) is 3.16. The van der Waals surface area contributed by atoms with E-state index in [4.69, 9.17) is 0 Å². The molecular weight excluding hydrogens is 314 g/mol. The van der Waals surface area contributed by atoms with Gasteiger partial charge in [-0.25, -0.2) is 9.97 Å². The van der Waals surface area contributed by atoms with Crippen molar-refractivity contribution in [3.05, 3.63) is 48.0 Å². The number of hydrogen-bond acceptors (Lipinski definition) is 5. The fourth-order valence-electron chi connectivity index (χ4n) is 3.16. The Labute approximate surface area is 148 Å². The summed E-state index contributed by atoms with van der Waals surface area (Å²) in [4.78, 5) is 25.1. The Hall–Kier alpha value is -2.50. The lowest BCUT2D eigenvalue weighted by molar-refractivity contribution is -0.125. The molecule has 2 heterocycles. The van der Waals surface area contributed by atoms with Crippen molar-refractivity contribution >= 4 is 11.9 Å². The number of anilines is 1. The largest absolute Gasteiger partial charge is 0.355 e. The maximum absolute atomic E-state index is 12.3. The third kappa shape index (κ3) is 5.24. The molecule has 3 rings (SSSR count). The molecule has 1 saturated carbocycles. The van der Waals surface area contributed by atoms with E-state index in [0.717, 1.165) is 43.4 Å². The minimum atomic E-state index is 0.112. The standard InChI is InChI=1S/C19H25N5O/c1-14-3-6-16(23-13-14)9-12-20-18(25)15-4-7-17(8-5-15)24-19-21-10-2-11-22-19/h2-3,6,10-11,13,15,17H,4-5,7-9,12H2,1H3,(H,20,25)(H,21,22,24). The first-order valence-electron chi connectivity index (χ1n) is 8.93. The van der Waals surface area contributed by atoms with Gasteiger partial charge in [0.1, 0.15) is 0 Å². The van der Waals surface area contributed by atoms with Gasteiger partial charge in [0.2, 0.25) is 11.9 Å². The van der Waals surface area contributed by atoms with E-state index >= 15 is 0 Å². The van der Waals surface area contributed by atoms with Gasteiger partial charge in [0.05, 0.1) is 0 Å². The monoisotopic (exact) mass is 339 g/mol. The molecule has 25 heavy (non-hydrogen) atoms. The Bertz CT molecular complexity index is 666. The van der Waals surface area contributed by atoms with Gasteiger partial charge < -0.3 is 10.6 Å². The molecule has 1 fully saturated rings. The Kier molecular flexibility index (Phi) is 5.93. The van der Waals surface area contributed by atoms with Crippen molar-refractivity contribution in [1.82, 2.24) is 20.3 Å². The summed E-state index contributed by atoms with van der Waals surface area (Å²) in [6, 6.07) is 6.22. The smallest absolute Gasteiger partial charge is 0.223 e.